The van der Waals surface area contributed by atoms with Gasteiger partial charge < -0.3 is 4.98 Å². The maximum atomic E-state index is 3.07. The largest absolute Gasteiger partial charge is 0.366 e. The molecule has 1 nitrogen and oxygen atoms in total. The summed E-state index contributed by atoms with van der Waals surface area (Å²) < 4.78 is 1.30. The van der Waals surface area contributed by atoms with Crippen LogP contribution in [0, 0.1) is 3.57 Å². The molecule has 0 spiro atoms. The van der Waals surface area contributed by atoms with Gasteiger partial charge in [-0.3, -0.25) is 0 Å². The van der Waals surface area contributed by atoms with Crippen molar-refractivity contribution in [2.75, 3.05) is 0 Å². The third-order valence-corrected chi connectivity index (χ3v) is 2.49. The van der Waals surface area contributed by atoms with Crippen molar-refractivity contribution in [3.63, 3.8) is 0 Å². The number of nitrogens with one attached hydrogen (secondary N) is 1. The van der Waals surface area contributed by atoms with Crippen LogP contribution in [-0.4, -0.2) is 4.98 Å². The van der Waals surface area contributed by atoms with Crippen LogP contribution < -0.4 is 0 Å². The number of rotatable bonds is 0. The Kier molecular flexibility index (Phi) is 1.41. The van der Waals surface area contributed by atoms with Crippen LogP contribution in [0.2, 0.25) is 0 Å². The number of hydrogen-bond donors (Lipinski definition) is 1. The highest BCUT2D eigenvalue weighted by Crippen LogP contribution is 2.18. The van der Waals surface area contributed by atoms with Gasteiger partial charge in [0.15, 0.2) is 0 Å². The second-order valence-corrected chi connectivity index (χ2v) is 3.36. The van der Waals surface area contributed by atoms with E-state index in [1.165, 1.54) is 14.3 Å². The summed E-state index contributed by atoms with van der Waals surface area (Å²) in [5.74, 6) is 0. The zero-order chi connectivity index (χ0) is 6.97. The predicted molar refractivity (Wildman–Crippen MR) is 51.0 cm³/mol. The minimum absolute atomic E-state index is 1.28. The van der Waals surface area contributed by atoms with Crippen molar-refractivity contribution >= 4 is 33.4 Å². The highest BCUT2D eigenvalue weighted by atomic mass is 127. The molecule has 0 atom stereocenters. The molecule has 0 aliphatic heterocycles. The molecule has 2 aromatic rings. The monoisotopic (exact) mass is 243 g/mol. The fourth-order valence-electron chi connectivity index (χ4n) is 1.05. The zero-order valence-electron chi connectivity index (χ0n) is 5.26. The molecule has 0 saturated carbocycles. The van der Waals surface area contributed by atoms with E-state index in [1.807, 2.05) is 12.4 Å². The maximum absolute atomic E-state index is 3.07. The summed E-state index contributed by atoms with van der Waals surface area (Å²) in [7, 11) is 0. The summed E-state index contributed by atoms with van der Waals surface area (Å²) in [5, 5.41) is 2.59. The Morgan fingerprint density at radius 1 is 1.20 bits per heavy atom. The fraction of sp³-hybridized carbons (Fsp3) is 0. The number of benzene rings is 1. The highest BCUT2D eigenvalue weighted by Gasteiger charge is 1.95. The quantitative estimate of drug-likeness (QED) is 0.685. The second-order valence-electron chi connectivity index (χ2n) is 2.20. The number of aromatic nitrogens is 1. The molecule has 2 heteroatoms. The normalized spacial score (nSPS) is 10.5. The molecule has 50 valence electrons. The van der Waals surface area contributed by atoms with Gasteiger partial charge in [0.2, 0.25) is 0 Å². The van der Waals surface area contributed by atoms with Gasteiger partial charge in [0.05, 0.1) is 0 Å². The summed E-state index contributed by atoms with van der Waals surface area (Å²) in [6.45, 7) is 0. The first-order valence-electron chi connectivity index (χ1n) is 3.09. The SMILES string of the molecule is Ic1cccc2c[nH]cc12. The lowest BCUT2D eigenvalue weighted by molar-refractivity contribution is 1.43. The van der Waals surface area contributed by atoms with Crippen LogP contribution in [-0.2, 0) is 0 Å². The molecular formula is C8H6IN. The van der Waals surface area contributed by atoms with Gasteiger partial charge in [-0.15, -0.1) is 0 Å². The standard InChI is InChI=1S/C8H6IN/c9-8-3-1-2-6-4-10-5-7(6)8/h1-5,10H. The summed E-state index contributed by atoms with van der Waals surface area (Å²) in [4.78, 5) is 3.07. The summed E-state index contributed by atoms with van der Waals surface area (Å²) in [6, 6.07) is 6.28. The van der Waals surface area contributed by atoms with Crippen LogP contribution >= 0.6 is 22.6 Å². The van der Waals surface area contributed by atoms with Crippen LogP contribution in [0.1, 0.15) is 0 Å². The molecule has 1 N–H and O–H groups in total. The van der Waals surface area contributed by atoms with E-state index < -0.39 is 0 Å². The Morgan fingerprint density at radius 2 is 2.10 bits per heavy atom. The van der Waals surface area contributed by atoms with Crippen molar-refractivity contribution in [3.05, 3.63) is 34.2 Å². The van der Waals surface area contributed by atoms with Crippen molar-refractivity contribution < 1.29 is 0 Å². The molecule has 0 bridgehead atoms. The van der Waals surface area contributed by atoms with E-state index >= 15 is 0 Å². The minimum atomic E-state index is 1.28. The van der Waals surface area contributed by atoms with E-state index in [-0.39, 0.29) is 0 Å². The third-order valence-electron chi connectivity index (χ3n) is 1.55. The van der Waals surface area contributed by atoms with Crippen molar-refractivity contribution in [2.45, 2.75) is 0 Å². The van der Waals surface area contributed by atoms with Gasteiger partial charge in [0.25, 0.3) is 0 Å². The molecule has 0 saturated heterocycles. The smallest absolute Gasteiger partial charge is 0.0223 e. The molecule has 0 amide bonds. The first kappa shape index (κ1) is 6.22. The number of halogens is 1. The molecule has 1 heterocycles. The Bertz CT molecular complexity index is 351. The van der Waals surface area contributed by atoms with Gasteiger partial charge in [-0.05, 0) is 28.7 Å². The van der Waals surface area contributed by atoms with Crippen LogP contribution in [0.25, 0.3) is 10.8 Å². The maximum Gasteiger partial charge on any atom is 0.0223 e. The predicted octanol–water partition coefficient (Wildman–Crippen LogP) is 2.77. The van der Waals surface area contributed by atoms with Gasteiger partial charge in [0.1, 0.15) is 0 Å². The van der Waals surface area contributed by atoms with E-state index in [0.29, 0.717) is 0 Å². The van der Waals surface area contributed by atoms with E-state index in [0.717, 1.165) is 0 Å². The first-order chi connectivity index (χ1) is 4.88. The van der Waals surface area contributed by atoms with Gasteiger partial charge in [-0.2, -0.15) is 0 Å². The molecule has 0 aliphatic rings. The zero-order valence-corrected chi connectivity index (χ0v) is 7.42. The number of H-pyrrole nitrogens is 1. The molecule has 0 unspecified atom stereocenters. The summed E-state index contributed by atoms with van der Waals surface area (Å²) in [5.41, 5.74) is 0. The van der Waals surface area contributed by atoms with Crippen molar-refractivity contribution in [3.8, 4) is 0 Å². The van der Waals surface area contributed by atoms with Gasteiger partial charge >= 0.3 is 0 Å². The molecule has 1 aromatic carbocycles. The van der Waals surface area contributed by atoms with Crippen LogP contribution in [0.5, 0.6) is 0 Å². The average molecular weight is 243 g/mol. The van der Waals surface area contributed by atoms with Crippen molar-refractivity contribution in [2.24, 2.45) is 0 Å². The fourth-order valence-corrected chi connectivity index (χ4v) is 1.72. The van der Waals surface area contributed by atoms with E-state index in [1.54, 1.807) is 0 Å². The number of aromatic amines is 1. The molecular weight excluding hydrogens is 237 g/mol. The van der Waals surface area contributed by atoms with Crippen LogP contribution in [0.15, 0.2) is 30.6 Å². The Hall–Kier alpha value is -0.510. The van der Waals surface area contributed by atoms with Crippen molar-refractivity contribution in [1.82, 2.24) is 4.98 Å². The Labute approximate surface area is 72.6 Å². The summed E-state index contributed by atoms with van der Waals surface area (Å²) in [6.07, 6.45) is 4.04. The molecule has 10 heavy (non-hydrogen) atoms. The Balaban J connectivity index is 2.95. The lowest BCUT2D eigenvalue weighted by Gasteiger charge is -1.89. The second kappa shape index (κ2) is 2.27. The molecule has 2 rings (SSSR count). The van der Waals surface area contributed by atoms with E-state index in [4.69, 9.17) is 0 Å². The summed E-state index contributed by atoms with van der Waals surface area (Å²) >= 11 is 2.33. The van der Waals surface area contributed by atoms with Crippen LogP contribution in [0.4, 0.5) is 0 Å². The first-order valence-corrected chi connectivity index (χ1v) is 4.17. The molecule has 0 fully saturated rings. The Morgan fingerprint density at radius 3 is 2.90 bits per heavy atom. The lowest BCUT2D eigenvalue weighted by atomic mass is 10.2. The van der Waals surface area contributed by atoms with Crippen LogP contribution in [0.3, 0.4) is 0 Å². The highest BCUT2D eigenvalue weighted by molar-refractivity contribution is 14.1. The topological polar surface area (TPSA) is 15.8 Å². The molecule has 0 aliphatic carbocycles. The van der Waals surface area contributed by atoms with Crippen molar-refractivity contribution in [1.29, 1.82) is 0 Å². The van der Waals surface area contributed by atoms with E-state index in [2.05, 4.69) is 45.8 Å². The number of hydrogen-bond acceptors (Lipinski definition) is 0. The lowest BCUT2D eigenvalue weighted by Crippen LogP contribution is -1.68. The van der Waals surface area contributed by atoms with Gasteiger partial charge in [-0.25, -0.2) is 0 Å². The van der Waals surface area contributed by atoms with Gasteiger partial charge in [-0.1, -0.05) is 12.1 Å². The molecule has 1 aromatic heterocycles. The van der Waals surface area contributed by atoms with E-state index in [9.17, 15) is 0 Å². The van der Waals surface area contributed by atoms with Gasteiger partial charge in [0, 0.05) is 26.7 Å². The molecule has 0 radical (unpaired) electrons. The average Bonchev–Trinajstić information content (AvgIpc) is 2.36. The third kappa shape index (κ3) is 0.831. The number of fused-ring (bicyclic) bond motifs is 1. The minimum Gasteiger partial charge on any atom is -0.366 e.